The Labute approximate surface area is 123 Å². The van der Waals surface area contributed by atoms with Crippen LogP contribution in [-0.4, -0.2) is 9.78 Å². The lowest BCUT2D eigenvalue weighted by Gasteiger charge is -2.08. The van der Waals surface area contributed by atoms with Crippen molar-refractivity contribution in [2.75, 3.05) is 0 Å². The first kappa shape index (κ1) is 14.4. The van der Waals surface area contributed by atoms with Gasteiger partial charge in [0.2, 0.25) is 0 Å². The first-order valence-corrected chi connectivity index (χ1v) is 7.05. The van der Waals surface area contributed by atoms with E-state index in [1.807, 2.05) is 35.9 Å². The van der Waals surface area contributed by atoms with E-state index in [9.17, 15) is 0 Å². The number of halogens is 2. The quantitative estimate of drug-likeness (QED) is 0.909. The van der Waals surface area contributed by atoms with Crippen LogP contribution in [0.2, 0.25) is 10.0 Å². The summed E-state index contributed by atoms with van der Waals surface area (Å²) in [5, 5.41) is 9.27. The molecule has 0 radical (unpaired) electrons. The average Bonchev–Trinajstić information content (AvgIpc) is 2.68. The van der Waals surface area contributed by atoms with E-state index in [0.29, 0.717) is 13.1 Å². The molecule has 0 saturated heterocycles. The van der Waals surface area contributed by atoms with Crippen LogP contribution in [0.1, 0.15) is 23.9 Å². The van der Waals surface area contributed by atoms with Crippen LogP contribution in [-0.2, 0) is 19.6 Å². The Balaban J connectivity index is 2.02. The molecule has 1 aromatic carbocycles. The van der Waals surface area contributed by atoms with Crippen molar-refractivity contribution >= 4 is 23.2 Å². The van der Waals surface area contributed by atoms with Gasteiger partial charge in [-0.15, -0.1) is 0 Å². The van der Waals surface area contributed by atoms with Gasteiger partial charge in [-0.25, -0.2) is 0 Å². The third kappa shape index (κ3) is 3.30. The second kappa shape index (κ2) is 6.42. The number of aryl methyl sites for hydroxylation is 2. The van der Waals surface area contributed by atoms with Gasteiger partial charge >= 0.3 is 0 Å². The fourth-order valence-electron chi connectivity index (χ4n) is 2.00. The molecule has 1 aromatic heterocycles. The van der Waals surface area contributed by atoms with Crippen LogP contribution < -0.4 is 5.32 Å². The van der Waals surface area contributed by atoms with Gasteiger partial charge in [0.05, 0.1) is 16.4 Å². The van der Waals surface area contributed by atoms with Gasteiger partial charge in [-0.2, -0.15) is 5.10 Å². The summed E-state index contributed by atoms with van der Waals surface area (Å²) in [7, 11) is 0. The highest BCUT2D eigenvalue weighted by atomic mass is 35.5. The molecule has 0 aliphatic carbocycles. The normalized spacial score (nSPS) is 10.9. The third-order valence-corrected chi connectivity index (χ3v) is 3.88. The first-order valence-electron chi connectivity index (χ1n) is 6.29. The Kier molecular flexibility index (Phi) is 4.86. The minimum absolute atomic E-state index is 0.679. The second-order valence-corrected chi connectivity index (χ2v) is 5.14. The Hall–Kier alpha value is -1.03. The number of nitrogens with zero attached hydrogens (tertiary/aromatic N) is 2. The summed E-state index contributed by atoms with van der Waals surface area (Å²) in [5.41, 5.74) is 2.98. The standard InChI is InChI=1S/C14H17Cl2N3/c1-3-19-13(14(16)10(2)18-19)9-17-8-11-6-4-5-7-12(11)15/h4-7,17H,3,8-9H2,1-2H3. The fraction of sp³-hybridized carbons (Fsp3) is 0.357. The van der Waals surface area contributed by atoms with E-state index in [1.165, 1.54) is 0 Å². The van der Waals surface area contributed by atoms with Crippen LogP contribution in [0.5, 0.6) is 0 Å². The van der Waals surface area contributed by atoms with E-state index in [1.54, 1.807) is 0 Å². The summed E-state index contributed by atoms with van der Waals surface area (Å²) < 4.78 is 1.93. The van der Waals surface area contributed by atoms with Gasteiger partial charge in [-0.1, -0.05) is 41.4 Å². The van der Waals surface area contributed by atoms with Crippen LogP contribution in [0.25, 0.3) is 0 Å². The van der Waals surface area contributed by atoms with Crippen LogP contribution in [0, 0.1) is 6.92 Å². The molecule has 1 heterocycles. The Morgan fingerprint density at radius 2 is 1.95 bits per heavy atom. The Morgan fingerprint density at radius 1 is 1.21 bits per heavy atom. The molecule has 0 aliphatic heterocycles. The van der Waals surface area contributed by atoms with E-state index in [4.69, 9.17) is 23.2 Å². The lowest BCUT2D eigenvalue weighted by molar-refractivity contribution is 0.579. The first-order chi connectivity index (χ1) is 9.13. The largest absolute Gasteiger partial charge is 0.307 e. The third-order valence-electron chi connectivity index (χ3n) is 3.02. The molecular formula is C14H17Cl2N3. The fourth-order valence-corrected chi connectivity index (χ4v) is 2.40. The number of rotatable bonds is 5. The van der Waals surface area contributed by atoms with Crippen LogP contribution in [0.15, 0.2) is 24.3 Å². The van der Waals surface area contributed by atoms with Crippen molar-refractivity contribution in [3.05, 3.63) is 51.3 Å². The minimum atomic E-state index is 0.679. The molecule has 1 N–H and O–H groups in total. The number of benzene rings is 1. The molecule has 3 nitrogen and oxygen atoms in total. The van der Waals surface area contributed by atoms with Gasteiger partial charge in [0.15, 0.2) is 0 Å². The molecule has 0 unspecified atom stereocenters. The van der Waals surface area contributed by atoms with E-state index in [0.717, 1.165) is 33.5 Å². The highest BCUT2D eigenvalue weighted by Gasteiger charge is 2.11. The van der Waals surface area contributed by atoms with Gasteiger partial charge < -0.3 is 5.32 Å². The van der Waals surface area contributed by atoms with Crippen molar-refractivity contribution in [3.63, 3.8) is 0 Å². The van der Waals surface area contributed by atoms with Crippen LogP contribution in [0.4, 0.5) is 0 Å². The van der Waals surface area contributed by atoms with Gasteiger partial charge in [0, 0.05) is 24.7 Å². The summed E-state index contributed by atoms with van der Waals surface area (Å²) in [6.45, 7) is 6.19. The molecule has 102 valence electrons. The molecule has 0 fully saturated rings. The molecule has 2 aromatic rings. The lowest BCUT2D eigenvalue weighted by Crippen LogP contribution is -2.16. The number of nitrogens with one attached hydrogen (secondary N) is 1. The smallest absolute Gasteiger partial charge is 0.0860 e. The zero-order valence-corrected chi connectivity index (χ0v) is 12.6. The average molecular weight is 298 g/mol. The van der Waals surface area contributed by atoms with E-state index >= 15 is 0 Å². The highest BCUT2D eigenvalue weighted by molar-refractivity contribution is 6.32. The predicted octanol–water partition coefficient (Wildman–Crippen LogP) is 3.81. The molecule has 0 bridgehead atoms. The Bertz CT molecular complexity index is 564. The Morgan fingerprint density at radius 3 is 2.63 bits per heavy atom. The maximum atomic E-state index is 6.26. The maximum absolute atomic E-state index is 6.26. The molecule has 0 amide bonds. The summed E-state index contributed by atoms with van der Waals surface area (Å²) in [6.07, 6.45) is 0. The molecule has 0 atom stereocenters. The van der Waals surface area contributed by atoms with E-state index in [-0.39, 0.29) is 0 Å². The van der Waals surface area contributed by atoms with Gasteiger partial charge in [-0.05, 0) is 25.5 Å². The van der Waals surface area contributed by atoms with Crippen LogP contribution in [0.3, 0.4) is 0 Å². The van der Waals surface area contributed by atoms with Gasteiger partial charge in [0.25, 0.3) is 0 Å². The number of aromatic nitrogens is 2. The monoisotopic (exact) mass is 297 g/mol. The molecule has 19 heavy (non-hydrogen) atoms. The summed E-state index contributed by atoms with van der Waals surface area (Å²) >= 11 is 12.4. The molecule has 2 rings (SSSR count). The number of hydrogen-bond acceptors (Lipinski definition) is 2. The topological polar surface area (TPSA) is 29.9 Å². The zero-order valence-electron chi connectivity index (χ0n) is 11.1. The van der Waals surface area contributed by atoms with Gasteiger partial charge in [0.1, 0.15) is 0 Å². The maximum Gasteiger partial charge on any atom is 0.0860 e. The summed E-state index contributed by atoms with van der Waals surface area (Å²) in [6, 6.07) is 7.82. The van der Waals surface area contributed by atoms with E-state index < -0.39 is 0 Å². The summed E-state index contributed by atoms with van der Waals surface area (Å²) in [5.74, 6) is 0. The van der Waals surface area contributed by atoms with Crippen LogP contribution >= 0.6 is 23.2 Å². The molecule has 5 heteroatoms. The predicted molar refractivity (Wildman–Crippen MR) is 79.6 cm³/mol. The molecule has 0 spiro atoms. The molecule has 0 aliphatic rings. The SMILES string of the molecule is CCn1nc(C)c(Cl)c1CNCc1ccccc1Cl. The minimum Gasteiger partial charge on any atom is -0.307 e. The second-order valence-electron chi connectivity index (χ2n) is 4.36. The van der Waals surface area contributed by atoms with Gasteiger partial charge in [-0.3, -0.25) is 4.68 Å². The number of hydrogen-bond donors (Lipinski definition) is 1. The van der Waals surface area contributed by atoms with Crippen molar-refractivity contribution in [2.45, 2.75) is 33.5 Å². The van der Waals surface area contributed by atoms with Crippen molar-refractivity contribution in [1.82, 2.24) is 15.1 Å². The molecule has 0 saturated carbocycles. The van der Waals surface area contributed by atoms with Crippen molar-refractivity contribution in [3.8, 4) is 0 Å². The summed E-state index contributed by atoms with van der Waals surface area (Å²) in [4.78, 5) is 0. The molecular weight excluding hydrogens is 281 g/mol. The highest BCUT2D eigenvalue weighted by Crippen LogP contribution is 2.20. The lowest BCUT2D eigenvalue weighted by atomic mass is 10.2. The van der Waals surface area contributed by atoms with E-state index in [2.05, 4.69) is 17.3 Å². The zero-order chi connectivity index (χ0) is 13.8. The van der Waals surface area contributed by atoms with Crippen molar-refractivity contribution in [2.24, 2.45) is 0 Å². The van der Waals surface area contributed by atoms with Crippen molar-refractivity contribution in [1.29, 1.82) is 0 Å². The van der Waals surface area contributed by atoms with Crippen molar-refractivity contribution < 1.29 is 0 Å².